The summed E-state index contributed by atoms with van der Waals surface area (Å²) < 4.78 is 4.21. The smallest absolute Gasteiger partial charge is 0.268 e. The molecule has 0 radical (unpaired) electrons. The number of para-hydroxylation sites is 1. The Balaban J connectivity index is 1.49. The van der Waals surface area contributed by atoms with Crippen LogP contribution in [0.3, 0.4) is 0 Å². The number of carbonyl (C=O) groups excluding carboxylic acids is 1. The van der Waals surface area contributed by atoms with Crippen LogP contribution < -0.4 is 5.32 Å². The lowest BCUT2D eigenvalue weighted by molar-refractivity contribution is 0.0943. The Morgan fingerprint density at radius 3 is 2.61 bits per heavy atom. The van der Waals surface area contributed by atoms with Gasteiger partial charge in [0, 0.05) is 30.5 Å². The molecule has 1 aliphatic carbocycles. The molecule has 1 saturated carbocycles. The molecule has 0 atom stereocenters. The molecular formula is C25H23N7O. The molecule has 1 aliphatic rings. The van der Waals surface area contributed by atoms with Gasteiger partial charge in [0.05, 0.1) is 40.7 Å². The van der Waals surface area contributed by atoms with Crippen molar-refractivity contribution in [3.05, 3.63) is 78.3 Å². The third-order valence-electron chi connectivity index (χ3n) is 6.11. The van der Waals surface area contributed by atoms with Gasteiger partial charge in [-0.2, -0.15) is 0 Å². The van der Waals surface area contributed by atoms with Crippen molar-refractivity contribution in [2.45, 2.75) is 32.9 Å². The van der Waals surface area contributed by atoms with E-state index in [1.807, 2.05) is 23.6 Å². The van der Waals surface area contributed by atoms with E-state index < -0.39 is 0 Å². The van der Waals surface area contributed by atoms with Gasteiger partial charge >= 0.3 is 0 Å². The van der Waals surface area contributed by atoms with Crippen LogP contribution in [0.5, 0.6) is 0 Å². The van der Waals surface area contributed by atoms with E-state index in [0.717, 1.165) is 28.7 Å². The molecule has 0 bridgehead atoms. The molecule has 0 saturated heterocycles. The molecule has 1 N–H and O–H groups in total. The molecule has 5 aromatic rings. The second-order valence-electron chi connectivity index (χ2n) is 8.55. The van der Waals surface area contributed by atoms with E-state index in [1.54, 1.807) is 30.9 Å². The summed E-state index contributed by atoms with van der Waals surface area (Å²) in [6.07, 6.45) is 9.27. The molecule has 4 aromatic heterocycles. The van der Waals surface area contributed by atoms with Crippen LogP contribution in [0.15, 0.2) is 61.2 Å². The Hall–Kier alpha value is -4.07. The lowest BCUT2D eigenvalue weighted by Crippen LogP contribution is -2.26. The van der Waals surface area contributed by atoms with Crippen LogP contribution in [-0.4, -0.2) is 35.0 Å². The van der Waals surface area contributed by atoms with Crippen molar-refractivity contribution in [2.75, 3.05) is 0 Å². The van der Waals surface area contributed by atoms with E-state index in [2.05, 4.69) is 48.0 Å². The summed E-state index contributed by atoms with van der Waals surface area (Å²) in [6.45, 7) is 3.12. The van der Waals surface area contributed by atoms with E-state index in [-0.39, 0.29) is 5.91 Å². The van der Waals surface area contributed by atoms with Crippen molar-refractivity contribution in [1.82, 2.24) is 34.4 Å². The first kappa shape index (κ1) is 19.6. The van der Waals surface area contributed by atoms with Gasteiger partial charge in [0.15, 0.2) is 0 Å². The number of fused-ring (bicyclic) bond motifs is 3. The van der Waals surface area contributed by atoms with Crippen LogP contribution in [0.4, 0.5) is 0 Å². The Morgan fingerprint density at radius 1 is 1.03 bits per heavy atom. The summed E-state index contributed by atoms with van der Waals surface area (Å²) in [5, 5.41) is 4.08. The quantitative estimate of drug-likeness (QED) is 0.436. The predicted molar refractivity (Wildman–Crippen MR) is 125 cm³/mol. The lowest BCUT2D eigenvalue weighted by atomic mass is 10.2. The van der Waals surface area contributed by atoms with Crippen LogP contribution in [-0.2, 0) is 13.1 Å². The summed E-state index contributed by atoms with van der Waals surface area (Å²) in [6, 6.07) is 12.1. The zero-order chi connectivity index (χ0) is 22.4. The van der Waals surface area contributed by atoms with Crippen molar-refractivity contribution in [1.29, 1.82) is 0 Å². The SMILES string of the molecule is Cc1cnc(CNC(=O)c2cc3c(c4ccccc4n3CC3CC3)n2-c2ncccn2)cn1. The first-order valence-electron chi connectivity index (χ1n) is 11.1. The minimum atomic E-state index is -0.205. The number of carbonyl (C=O) groups is 1. The van der Waals surface area contributed by atoms with E-state index in [0.29, 0.717) is 29.8 Å². The molecule has 4 heterocycles. The Morgan fingerprint density at radius 2 is 1.85 bits per heavy atom. The fraction of sp³-hybridized carbons (Fsp3) is 0.240. The van der Waals surface area contributed by atoms with E-state index in [4.69, 9.17) is 0 Å². The molecule has 164 valence electrons. The van der Waals surface area contributed by atoms with E-state index in [1.165, 1.54) is 18.4 Å². The molecule has 1 fully saturated rings. The zero-order valence-electron chi connectivity index (χ0n) is 18.3. The van der Waals surface area contributed by atoms with Crippen molar-refractivity contribution < 1.29 is 4.79 Å². The van der Waals surface area contributed by atoms with Gasteiger partial charge in [-0.3, -0.25) is 19.3 Å². The van der Waals surface area contributed by atoms with Crippen molar-refractivity contribution in [3.8, 4) is 5.95 Å². The molecular weight excluding hydrogens is 414 g/mol. The van der Waals surface area contributed by atoms with Crippen molar-refractivity contribution >= 4 is 27.8 Å². The normalized spacial score (nSPS) is 13.6. The molecule has 0 spiro atoms. The fourth-order valence-corrected chi connectivity index (χ4v) is 4.31. The highest BCUT2D eigenvalue weighted by Crippen LogP contribution is 2.37. The number of nitrogens with one attached hydrogen (secondary N) is 1. The maximum absolute atomic E-state index is 13.4. The average Bonchev–Trinajstić information content (AvgIpc) is 3.51. The predicted octanol–water partition coefficient (Wildman–Crippen LogP) is 3.81. The standard InChI is InChI=1S/C25H23N7O/c1-16-12-29-18(13-28-16)14-30-24(33)22-11-21-23(32(22)25-26-9-4-10-27-25)19-5-2-3-6-20(19)31(21)15-17-7-8-17/h2-6,9-13,17H,7-8,14-15H2,1H3,(H,30,33). The molecule has 8 heteroatoms. The van der Waals surface area contributed by atoms with Gasteiger partial charge < -0.3 is 9.88 Å². The zero-order valence-corrected chi connectivity index (χ0v) is 18.3. The van der Waals surface area contributed by atoms with Crippen LogP contribution in [0.25, 0.3) is 27.9 Å². The fourth-order valence-electron chi connectivity index (χ4n) is 4.31. The van der Waals surface area contributed by atoms with Gasteiger partial charge in [-0.05, 0) is 43.9 Å². The van der Waals surface area contributed by atoms with Gasteiger partial charge in [-0.15, -0.1) is 0 Å². The number of amides is 1. The maximum Gasteiger partial charge on any atom is 0.268 e. The Labute approximate surface area is 190 Å². The van der Waals surface area contributed by atoms with Gasteiger partial charge in [0.1, 0.15) is 5.69 Å². The molecule has 1 aromatic carbocycles. The number of nitrogens with zero attached hydrogens (tertiary/aromatic N) is 6. The molecule has 1 amide bonds. The molecule has 6 rings (SSSR count). The monoisotopic (exact) mass is 437 g/mol. The highest BCUT2D eigenvalue weighted by atomic mass is 16.1. The number of benzene rings is 1. The van der Waals surface area contributed by atoms with Gasteiger partial charge in [0.2, 0.25) is 5.95 Å². The molecule has 8 nitrogen and oxygen atoms in total. The maximum atomic E-state index is 13.4. The number of rotatable bonds is 6. The third-order valence-corrected chi connectivity index (χ3v) is 6.11. The average molecular weight is 438 g/mol. The second-order valence-corrected chi connectivity index (χ2v) is 8.55. The Bertz CT molecular complexity index is 1460. The summed E-state index contributed by atoms with van der Waals surface area (Å²) >= 11 is 0. The molecule has 33 heavy (non-hydrogen) atoms. The lowest BCUT2D eigenvalue weighted by Gasteiger charge is -2.10. The first-order chi connectivity index (χ1) is 16.2. The minimum Gasteiger partial charge on any atom is -0.345 e. The van der Waals surface area contributed by atoms with E-state index in [9.17, 15) is 4.79 Å². The van der Waals surface area contributed by atoms with Crippen LogP contribution in [0.1, 0.15) is 34.7 Å². The highest BCUT2D eigenvalue weighted by Gasteiger charge is 2.27. The molecule has 0 unspecified atom stereocenters. The van der Waals surface area contributed by atoms with Crippen LogP contribution >= 0.6 is 0 Å². The number of aryl methyl sites for hydroxylation is 1. The summed E-state index contributed by atoms with van der Waals surface area (Å²) in [5.41, 5.74) is 5.19. The van der Waals surface area contributed by atoms with Gasteiger partial charge in [-0.25, -0.2) is 9.97 Å². The topological polar surface area (TPSA) is 90.5 Å². The number of hydrogen-bond donors (Lipinski definition) is 1. The largest absolute Gasteiger partial charge is 0.345 e. The van der Waals surface area contributed by atoms with Crippen molar-refractivity contribution in [2.24, 2.45) is 5.92 Å². The number of aromatic nitrogens is 6. The second kappa shape index (κ2) is 7.81. The van der Waals surface area contributed by atoms with E-state index >= 15 is 0 Å². The number of hydrogen-bond acceptors (Lipinski definition) is 5. The Kier molecular flexibility index (Phi) is 4.64. The summed E-state index contributed by atoms with van der Waals surface area (Å²) in [4.78, 5) is 30.9. The van der Waals surface area contributed by atoms with Gasteiger partial charge in [0.25, 0.3) is 5.91 Å². The molecule has 0 aliphatic heterocycles. The van der Waals surface area contributed by atoms with Crippen LogP contribution in [0, 0.1) is 12.8 Å². The third kappa shape index (κ3) is 3.53. The highest BCUT2D eigenvalue weighted by molar-refractivity contribution is 6.10. The first-order valence-corrected chi connectivity index (χ1v) is 11.1. The van der Waals surface area contributed by atoms with Crippen LogP contribution in [0.2, 0.25) is 0 Å². The summed E-state index contributed by atoms with van der Waals surface area (Å²) in [7, 11) is 0. The van der Waals surface area contributed by atoms with Gasteiger partial charge in [-0.1, -0.05) is 18.2 Å². The minimum absolute atomic E-state index is 0.205. The summed E-state index contributed by atoms with van der Waals surface area (Å²) in [5.74, 6) is 0.961. The van der Waals surface area contributed by atoms with Crippen molar-refractivity contribution in [3.63, 3.8) is 0 Å².